The molecule has 39 heteroatoms. The predicted octanol–water partition coefficient (Wildman–Crippen LogP) is 5.70. The van der Waals surface area contributed by atoms with Gasteiger partial charge in [0.1, 0.15) is 108 Å². The molecule has 36 nitrogen and oxygen atoms in total. The number of ketones is 2. The number of likely N-dealkylation sites (N-methyl/N-ethyl adjacent to an activating group) is 1. The van der Waals surface area contributed by atoms with Gasteiger partial charge in [-0.05, 0) is 178 Å². The molecule has 3 fully saturated rings. The van der Waals surface area contributed by atoms with E-state index in [9.17, 15) is 75.7 Å². The highest BCUT2D eigenvalue weighted by Gasteiger charge is 2.53. The summed E-state index contributed by atoms with van der Waals surface area (Å²) in [7, 11) is 1.48. The Bertz CT molecular complexity index is 5260. The second-order valence-electron chi connectivity index (χ2n) is 33.0. The molecule has 15 rings (SSSR count). The largest absolute Gasteiger partial charge is 0.508 e. The number of hydrogen-bond acceptors (Lipinski definition) is 31. The number of amides is 5. The summed E-state index contributed by atoms with van der Waals surface area (Å²) in [5.74, 6) is -18.5. The van der Waals surface area contributed by atoms with E-state index in [0.29, 0.717) is 19.4 Å². The zero-order valence-corrected chi connectivity index (χ0v) is 71.8. The van der Waals surface area contributed by atoms with Gasteiger partial charge in [0.25, 0.3) is 0 Å². The van der Waals surface area contributed by atoms with E-state index in [1.807, 2.05) is 57.2 Å². The molecule has 2 unspecified atom stereocenters. The van der Waals surface area contributed by atoms with E-state index in [4.69, 9.17) is 77.3 Å². The Balaban J connectivity index is 0.0000149. The summed E-state index contributed by atoms with van der Waals surface area (Å²) < 4.78 is 57.2. The van der Waals surface area contributed by atoms with Gasteiger partial charge in [-0.1, -0.05) is 62.7 Å². The number of fused-ring (bicyclic) bond motifs is 15. The molecule has 11 bridgehead atoms. The average molecular weight is 1840 g/mol. The Morgan fingerprint density at radius 3 is 1.98 bits per heavy atom. The summed E-state index contributed by atoms with van der Waals surface area (Å²) >= 11 is 16.1. The van der Waals surface area contributed by atoms with Crippen molar-refractivity contribution < 1.29 is 142 Å². The molecular formula is C89H105Cl2N7O29S. The zero-order chi connectivity index (χ0) is 91.6. The standard InChI is InChI=1S/C88H101Cl2N7O29S.CH4/c1-7-118-45-16-11-38(12-17-45)63-22-18-46(127-63)9-8-10-59-72(106)73(107)75(109)86(122-59)126-79-62(35-98)123-87(76(110)74(79)108)125-78-60-28-42-29-61(78)121-58-21-15-41(26-51(58)90)77(124-65-34-88(5,92)80(111)37(4)119-65)70-84(115)95-68(85(116)117)49-31-44(99)32-54(101)66(49)48-24-39(13-19-53(48)100)47(82(113)97-70)33-56(103)67(42)94-81(112)43(30-64(91)104)27-55(102)69(96-83(114)52(93-6)23-36(2)3)71(105)40-14-20-57(120-60)50(89)25-40;/h11-22,24-26,28-29,31-32,36-37,43,47,52,59,62,65,67-77,79-80,86-87,93,98-101,105-111H,7-10,23,27,30,33-35,92H2,1-6H3,(H2,91,104)(H,94,112)(H,95,115)(H,96,114)(H,97,113)(H,116,117);1H4/t37-,43+,47-,52+,59+,62+,65?,67+,68-,69?,70-,71+,72-,73-,74+,75+,76+,77+,79+,80-,86-,87-,88-;/m0./s1. The van der Waals surface area contributed by atoms with Gasteiger partial charge in [0.2, 0.25) is 41.6 Å². The quantitative estimate of drug-likeness (QED) is 0.0387. The van der Waals surface area contributed by atoms with E-state index in [1.165, 1.54) is 62.6 Å². The predicted molar refractivity (Wildman–Crippen MR) is 458 cm³/mol. The molecule has 1 aromatic heterocycles. The number of primary amides is 1. The number of phenols is 3. The third kappa shape index (κ3) is 21.3. The highest BCUT2D eigenvalue weighted by molar-refractivity contribution is 7.15. The summed E-state index contributed by atoms with van der Waals surface area (Å²) in [5.41, 5.74) is 9.47. The Morgan fingerprint density at radius 1 is 0.695 bits per heavy atom. The number of Topliss-reactive ketones (excluding diaryl/α,β-unsaturated/α-hetero) is 2. The number of aliphatic carboxylic acids is 1. The van der Waals surface area contributed by atoms with Crippen LogP contribution in [-0.2, 0) is 68.5 Å². The molecule has 8 aliphatic rings. The van der Waals surface area contributed by atoms with Gasteiger partial charge in [-0.25, -0.2) is 4.79 Å². The van der Waals surface area contributed by atoms with Gasteiger partial charge in [-0.2, -0.15) is 0 Å². The maximum Gasteiger partial charge on any atom is 0.330 e. The number of halogens is 2. The molecule has 21 N–H and O–H groups in total. The monoisotopic (exact) mass is 1840 g/mol. The van der Waals surface area contributed by atoms with Crippen molar-refractivity contribution in [3.63, 3.8) is 0 Å². The first-order valence-corrected chi connectivity index (χ1v) is 42.8. The van der Waals surface area contributed by atoms with Crippen LogP contribution >= 0.6 is 34.5 Å². The molecule has 8 aliphatic heterocycles. The summed E-state index contributed by atoms with van der Waals surface area (Å²) in [6.45, 7) is 7.91. The van der Waals surface area contributed by atoms with Crippen LogP contribution in [0.25, 0.3) is 21.6 Å². The van der Waals surface area contributed by atoms with Crippen LogP contribution < -0.4 is 57.0 Å². The number of benzene rings is 6. The SMILES string of the molecule is C.CCOc1ccc(-c2ccc(CCC[C@H]3O[C@@H](O[C@H]4[C@H](O)[C@@H](O)[C@H](Oc5c6cc7cc5Oc5ccc(cc5Cl)[C@@H](OC5C[C@](C)(N)[C@@H](O)[C@H](C)O5)[C@@H]5NC(=O)[C@@H](CC(=O)[C@@H]7NC(=O)[C@@H](CC(N)=O)CC(=O)C(NC(=O)[C@@H](CC(C)C)NC)[C@H](O)c7ccc(c(Cl)c7)O6)c6ccc(O)c(c6)-c6c(O)cc(O)cc6[C@@H](C(=O)O)NC5=O)O[C@@H]4CO)[C@H](O)[C@@H](O)[C@H]3O)s2)cc1. The minimum absolute atomic E-state index is 0. The molecular weight excluding hydrogens is 1730 g/mol. The number of thiophene rings is 1. The van der Waals surface area contributed by atoms with E-state index < -0.39 is 280 Å². The third-order valence-corrected chi connectivity index (χ3v) is 25.1. The fourth-order valence-electron chi connectivity index (χ4n) is 16.6. The minimum atomic E-state index is -2.33. The molecule has 6 aromatic carbocycles. The van der Waals surface area contributed by atoms with Gasteiger partial charge in [-0.3, -0.25) is 33.6 Å². The van der Waals surface area contributed by atoms with Gasteiger partial charge >= 0.3 is 5.97 Å². The number of carboxylic acid groups (broad SMARTS) is 1. The fourth-order valence-corrected chi connectivity index (χ4v) is 18.1. The van der Waals surface area contributed by atoms with Gasteiger partial charge in [0.05, 0.1) is 59.4 Å². The van der Waals surface area contributed by atoms with Crippen molar-refractivity contribution in [1.29, 1.82) is 0 Å². The second kappa shape index (κ2) is 40.8. The fraction of sp³-hybridized carbons (Fsp3) is 0.461. The first-order valence-electron chi connectivity index (χ1n) is 41.2. The van der Waals surface area contributed by atoms with Crippen molar-refractivity contribution >= 4 is 81.6 Å². The number of carbonyl (C=O) groups is 8. The number of rotatable bonds is 22. The Morgan fingerprint density at radius 2 is 1.35 bits per heavy atom. The lowest BCUT2D eigenvalue weighted by atomic mass is 9.84. The van der Waals surface area contributed by atoms with E-state index >= 15 is 24.0 Å². The Hall–Kier alpha value is -10.2. The van der Waals surface area contributed by atoms with Crippen molar-refractivity contribution in [3.05, 3.63) is 158 Å². The number of carboxylic acids is 1. The van der Waals surface area contributed by atoms with Crippen LogP contribution in [0.15, 0.2) is 115 Å². The lowest BCUT2D eigenvalue weighted by Gasteiger charge is -2.46. The van der Waals surface area contributed by atoms with Gasteiger partial charge in [-0.15, -0.1) is 11.3 Å². The average Bonchev–Trinajstić information content (AvgIpc) is 0.902. The number of aromatic hydroxyl groups is 3. The van der Waals surface area contributed by atoms with Crippen molar-refractivity contribution in [2.75, 3.05) is 20.3 Å². The number of aliphatic hydroxyl groups excluding tert-OH is 8. The topological polar surface area (TPSA) is 575 Å². The molecule has 0 saturated carbocycles. The summed E-state index contributed by atoms with van der Waals surface area (Å²) in [5, 5.41) is 152. The zero-order valence-electron chi connectivity index (χ0n) is 69.4. The molecule has 128 heavy (non-hydrogen) atoms. The molecule has 0 radical (unpaired) electrons. The Labute approximate surface area is 748 Å². The molecule has 0 spiro atoms. The molecule has 0 aliphatic carbocycles. The van der Waals surface area contributed by atoms with Crippen LogP contribution in [-0.4, -0.2) is 232 Å². The maximum absolute atomic E-state index is 16.6. The van der Waals surface area contributed by atoms with E-state index in [0.717, 1.165) is 69.6 Å². The number of ether oxygens (including phenoxy) is 9. The number of carbonyl (C=O) groups excluding carboxylic acids is 7. The maximum atomic E-state index is 16.6. The van der Waals surface area contributed by atoms with Gasteiger partial charge < -0.3 is 142 Å². The summed E-state index contributed by atoms with van der Waals surface area (Å²) in [6.07, 6.45) is -29.5. The van der Waals surface area contributed by atoms with Crippen LogP contribution in [0, 0.1) is 11.8 Å². The first-order chi connectivity index (χ1) is 60.3. The van der Waals surface area contributed by atoms with E-state index in [2.05, 4.69) is 26.6 Å². The molecule has 7 aromatic rings. The Kier molecular flexibility index (Phi) is 30.9. The number of aryl methyl sites for hydroxylation is 1. The molecule has 9 heterocycles. The summed E-state index contributed by atoms with van der Waals surface area (Å²) in [4.78, 5) is 123. The molecule has 690 valence electrons. The lowest BCUT2D eigenvalue weighted by molar-refractivity contribution is -0.351. The number of nitrogens with two attached hydrogens (primary N) is 2. The van der Waals surface area contributed by atoms with Crippen molar-refractivity contribution in [3.8, 4) is 73.3 Å². The van der Waals surface area contributed by atoms with Crippen LogP contribution in [0.4, 0.5) is 0 Å². The van der Waals surface area contributed by atoms with Crippen molar-refractivity contribution in [2.45, 2.75) is 227 Å². The number of phenolic OH excluding ortho intramolecular Hbond substituents is 3. The minimum Gasteiger partial charge on any atom is -0.508 e. The van der Waals surface area contributed by atoms with E-state index in [1.54, 1.807) is 0 Å². The lowest BCUT2D eigenvalue weighted by Crippen LogP contribution is -2.64. The number of nitrogens with one attached hydrogen (secondary N) is 5. The second-order valence-corrected chi connectivity index (χ2v) is 35.0. The van der Waals surface area contributed by atoms with Gasteiger partial charge in [0, 0.05) is 63.7 Å². The van der Waals surface area contributed by atoms with Crippen molar-refractivity contribution in [1.82, 2.24) is 26.6 Å². The molecule has 23 atom stereocenters. The highest BCUT2D eigenvalue weighted by atomic mass is 35.5. The van der Waals surface area contributed by atoms with Gasteiger partial charge in [0.15, 0.2) is 41.7 Å². The highest BCUT2D eigenvalue weighted by Crippen LogP contribution is 2.51. The third-order valence-electron chi connectivity index (χ3n) is 23.3. The normalized spacial score (nSPS) is 29.4. The molecule has 3 saturated heterocycles. The summed E-state index contributed by atoms with van der Waals surface area (Å²) in [6, 6.07) is 16.0. The smallest absolute Gasteiger partial charge is 0.330 e. The van der Waals surface area contributed by atoms with E-state index in [-0.39, 0.29) is 60.1 Å². The van der Waals surface area contributed by atoms with Crippen LogP contribution in [0.5, 0.6) is 51.7 Å². The van der Waals surface area contributed by atoms with Crippen molar-refractivity contribution in [2.24, 2.45) is 23.3 Å². The number of aliphatic hydroxyl groups is 8. The van der Waals surface area contributed by atoms with Crippen LogP contribution in [0.3, 0.4) is 0 Å². The molecule has 5 amide bonds. The van der Waals surface area contributed by atoms with Crippen LogP contribution in [0.2, 0.25) is 10.0 Å². The number of hydrogen-bond donors (Lipinski definition) is 19. The first kappa shape index (κ1) is 96.8. The van der Waals surface area contributed by atoms with Crippen LogP contribution in [0.1, 0.15) is 150 Å².